The molecule has 1 aliphatic carbocycles. The van der Waals surface area contributed by atoms with Gasteiger partial charge >= 0.3 is 0 Å². The molecule has 0 N–H and O–H groups in total. The zero-order valence-electron chi connectivity index (χ0n) is 14.5. The first-order valence-electron chi connectivity index (χ1n) is 9.38. The van der Waals surface area contributed by atoms with Crippen LogP contribution in [0.1, 0.15) is 51.0 Å². The third-order valence-corrected chi connectivity index (χ3v) is 8.38. The molecule has 2 heterocycles. The Morgan fingerprint density at radius 1 is 1.04 bits per heavy atom. The summed E-state index contributed by atoms with van der Waals surface area (Å²) >= 11 is 0. The van der Waals surface area contributed by atoms with Gasteiger partial charge < -0.3 is 0 Å². The van der Waals surface area contributed by atoms with Crippen molar-refractivity contribution >= 4 is 10.2 Å². The summed E-state index contributed by atoms with van der Waals surface area (Å²) in [5.74, 6) is 0.940. The lowest BCUT2D eigenvalue weighted by Crippen LogP contribution is -2.69. The molecule has 0 unspecified atom stereocenters. The molecule has 0 aromatic heterocycles. The van der Waals surface area contributed by atoms with E-state index in [9.17, 15) is 8.42 Å². The minimum Gasteiger partial charge on any atom is -0.195 e. The molecule has 4 nitrogen and oxygen atoms in total. The molecule has 0 bridgehead atoms. The molecule has 4 rings (SSSR count). The van der Waals surface area contributed by atoms with Crippen LogP contribution < -0.4 is 0 Å². The van der Waals surface area contributed by atoms with Gasteiger partial charge in [-0.2, -0.15) is 17.0 Å². The Balaban J connectivity index is 1.69. The molecule has 2 saturated heterocycles. The van der Waals surface area contributed by atoms with Crippen LogP contribution in [0.4, 0.5) is 0 Å². The molecule has 3 atom stereocenters. The molecule has 2 aliphatic heterocycles. The van der Waals surface area contributed by atoms with Crippen molar-refractivity contribution in [3.8, 4) is 0 Å². The lowest BCUT2D eigenvalue weighted by Gasteiger charge is -2.61. The van der Waals surface area contributed by atoms with E-state index < -0.39 is 10.2 Å². The maximum atomic E-state index is 13.4. The van der Waals surface area contributed by atoms with Crippen LogP contribution in [0, 0.1) is 11.8 Å². The van der Waals surface area contributed by atoms with Crippen LogP contribution in [0.2, 0.25) is 0 Å². The highest BCUT2D eigenvalue weighted by Gasteiger charge is 2.60. The van der Waals surface area contributed by atoms with Gasteiger partial charge in [-0.25, -0.2) is 0 Å². The van der Waals surface area contributed by atoms with Crippen LogP contribution in [0.5, 0.6) is 0 Å². The van der Waals surface area contributed by atoms with Gasteiger partial charge in [0, 0.05) is 19.6 Å². The first-order chi connectivity index (χ1) is 11.5. The summed E-state index contributed by atoms with van der Waals surface area (Å²) < 4.78 is 30.4. The molecule has 1 saturated carbocycles. The highest BCUT2D eigenvalue weighted by molar-refractivity contribution is 7.86. The average Bonchev–Trinajstić information content (AvgIpc) is 2.57. The van der Waals surface area contributed by atoms with E-state index in [1.807, 2.05) is 22.5 Å². The fourth-order valence-corrected chi connectivity index (χ4v) is 7.30. The number of rotatable bonds is 3. The van der Waals surface area contributed by atoms with Gasteiger partial charge in [0.05, 0.1) is 5.54 Å². The molecule has 132 valence electrons. The smallest absolute Gasteiger partial charge is 0.195 e. The minimum absolute atomic E-state index is 0.293. The van der Waals surface area contributed by atoms with Gasteiger partial charge in [-0.15, -0.1) is 0 Å². The van der Waals surface area contributed by atoms with E-state index in [0.717, 1.165) is 32.1 Å². The summed E-state index contributed by atoms with van der Waals surface area (Å²) in [6.07, 6.45) is 6.58. The second kappa shape index (κ2) is 6.11. The monoisotopic (exact) mass is 348 g/mol. The van der Waals surface area contributed by atoms with Crippen molar-refractivity contribution < 1.29 is 8.42 Å². The second-order valence-electron chi connectivity index (χ2n) is 7.88. The standard InChI is InChI=1S/C19H28N2O2S/c1-16-8-7-13-20(14-16)24(22,23)21-15-18-11-5-6-12-19(18,21)17-9-3-2-4-10-17/h2-4,9-10,16,18H,5-8,11-15H2,1H3/t16-,18+,19-/m1/s1. The van der Waals surface area contributed by atoms with E-state index >= 15 is 0 Å². The van der Waals surface area contributed by atoms with E-state index in [0.29, 0.717) is 31.5 Å². The molecule has 3 aliphatic rings. The Labute approximate surface area is 146 Å². The van der Waals surface area contributed by atoms with Crippen LogP contribution >= 0.6 is 0 Å². The molecule has 5 heteroatoms. The Bertz CT molecular complexity index is 691. The summed E-state index contributed by atoms with van der Waals surface area (Å²) in [6, 6.07) is 10.4. The maximum absolute atomic E-state index is 13.4. The zero-order valence-corrected chi connectivity index (χ0v) is 15.3. The quantitative estimate of drug-likeness (QED) is 0.840. The van der Waals surface area contributed by atoms with Crippen molar-refractivity contribution in [2.75, 3.05) is 19.6 Å². The van der Waals surface area contributed by atoms with Crippen molar-refractivity contribution in [2.24, 2.45) is 11.8 Å². The van der Waals surface area contributed by atoms with E-state index in [1.165, 1.54) is 12.0 Å². The summed E-state index contributed by atoms with van der Waals surface area (Å²) in [6.45, 7) is 4.21. The number of nitrogens with zero attached hydrogens (tertiary/aromatic N) is 2. The fourth-order valence-electron chi connectivity index (χ4n) is 5.10. The summed E-state index contributed by atoms with van der Waals surface area (Å²) in [5.41, 5.74) is 0.897. The van der Waals surface area contributed by atoms with Gasteiger partial charge in [-0.05, 0) is 43.1 Å². The van der Waals surface area contributed by atoms with Gasteiger partial charge in [-0.1, -0.05) is 50.1 Å². The lowest BCUT2D eigenvalue weighted by atomic mass is 9.63. The van der Waals surface area contributed by atoms with Crippen molar-refractivity contribution in [1.82, 2.24) is 8.61 Å². The van der Waals surface area contributed by atoms with Crippen LogP contribution in [0.25, 0.3) is 0 Å². The first-order valence-corrected chi connectivity index (χ1v) is 10.8. The molecule has 1 aromatic carbocycles. The van der Waals surface area contributed by atoms with E-state index in [-0.39, 0.29) is 5.54 Å². The van der Waals surface area contributed by atoms with Gasteiger partial charge in [-0.3, -0.25) is 0 Å². The van der Waals surface area contributed by atoms with Gasteiger partial charge in [0.2, 0.25) is 0 Å². The zero-order chi connectivity index (χ0) is 16.8. The van der Waals surface area contributed by atoms with Crippen LogP contribution in [0.15, 0.2) is 30.3 Å². The number of fused-ring (bicyclic) bond motifs is 1. The van der Waals surface area contributed by atoms with Crippen molar-refractivity contribution in [3.63, 3.8) is 0 Å². The van der Waals surface area contributed by atoms with Crippen LogP contribution in [0.3, 0.4) is 0 Å². The number of benzene rings is 1. The van der Waals surface area contributed by atoms with Gasteiger partial charge in [0.1, 0.15) is 0 Å². The Hall–Kier alpha value is -0.910. The second-order valence-corrected chi connectivity index (χ2v) is 9.73. The summed E-state index contributed by atoms with van der Waals surface area (Å²) in [5, 5.41) is 0. The largest absolute Gasteiger partial charge is 0.282 e. The van der Waals surface area contributed by atoms with Gasteiger partial charge in [0.15, 0.2) is 0 Å². The van der Waals surface area contributed by atoms with Crippen LogP contribution in [-0.4, -0.2) is 36.7 Å². The lowest BCUT2D eigenvalue weighted by molar-refractivity contribution is -0.0551. The predicted octanol–water partition coefficient (Wildman–Crippen LogP) is 3.36. The van der Waals surface area contributed by atoms with Crippen molar-refractivity contribution in [1.29, 1.82) is 0 Å². The van der Waals surface area contributed by atoms with Crippen molar-refractivity contribution in [3.05, 3.63) is 35.9 Å². The van der Waals surface area contributed by atoms with Crippen molar-refractivity contribution in [2.45, 2.75) is 51.0 Å². The molecule has 3 fully saturated rings. The molecular weight excluding hydrogens is 320 g/mol. The number of piperidine rings is 1. The summed E-state index contributed by atoms with van der Waals surface area (Å²) in [7, 11) is -3.37. The molecule has 0 spiro atoms. The minimum atomic E-state index is -3.37. The average molecular weight is 349 g/mol. The molecular formula is C19H28N2O2S. The van der Waals surface area contributed by atoms with Crippen LogP contribution in [-0.2, 0) is 15.7 Å². The molecule has 24 heavy (non-hydrogen) atoms. The molecule has 0 radical (unpaired) electrons. The fraction of sp³-hybridized carbons (Fsp3) is 0.684. The number of hydrogen-bond donors (Lipinski definition) is 0. The topological polar surface area (TPSA) is 40.6 Å². The van der Waals surface area contributed by atoms with E-state index in [1.54, 1.807) is 4.31 Å². The normalized spacial score (nSPS) is 35.2. The molecule has 1 aromatic rings. The van der Waals surface area contributed by atoms with Gasteiger partial charge in [0.25, 0.3) is 10.2 Å². The molecule has 0 amide bonds. The predicted molar refractivity (Wildman–Crippen MR) is 95.7 cm³/mol. The Kier molecular flexibility index (Phi) is 4.22. The van der Waals surface area contributed by atoms with E-state index in [4.69, 9.17) is 0 Å². The SMILES string of the molecule is C[C@@H]1CCCN(S(=O)(=O)N2C[C@@H]3CCCC[C@@]32c2ccccc2)C1. The Morgan fingerprint density at radius 3 is 2.54 bits per heavy atom. The highest BCUT2D eigenvalue weighted by Crippen LogP contribution is 2.55. The third-order valence-electron chi connectivity index (χ3n) is 6.37. The third kappa shape index (κ3) is 2.44. The Morgan fingerprint density at radius 2 is 1.83 bits per heavy atom. The first kappa shape index (κ1) is 16.6. The highest BCUT2D eigenvalue weighted by atomic mass is 32.2. The number of hydrogen-bond acceptors (Lipinski definition) is 2. The summed E-state index contributed by atoms with van der Waals surface area (Å²) in [4.78, 5) is 0. The maximum Gasteiger partial charge on any atom is 0.282 e. The van der Waals surface area contributed by atoms with E-state index in [2.05, 4.69) is 19.1 Å².